The molecule has 0 aliphatic heterocycles. The zero-order chi connectivity index (χ0) is 8.10. The molecular weight excluding hydrogens is 162 g/mol. The Hall–Kier alpha value is -1.23. The molecule has 0 atom stereocenters. The van der Waals surface area contributed by atoms with E-state index in [0.29, 0.717) is 5.69 Å². The second-order valence-electron chi connectivity index (χ2n) is 1.81. The average molecular weight is 169 g/mol. The van der Waals surface area contributed by atoms with Crippen LogP contribution in [0.25, 0.3) is 0 Å². The Morgan fingerprint density at radius 3 is 3.00 bits per heavy atom. The van der Waals surface area contributed by atoms with Crippen LogP contribution in [0, 0.1) is 0 Å². The third kappa shape index (κ3) is 2.46. The number of hydrogen-bond acceptors (Lipinski definition) is 3. The molecule has 1 aromatic rings. The maximum atomic E-state index is 10.7. The molecule has 1 rings (SSSR count). The molecule has 11 heavy (non-hydrogen) atoms. The van der Waals surface area contributed by atoms with E-state index < -0.39 is 0 Å². The normalized spacial score (nSPS) is 8.82. The smallest absolute Gasteiger partial charge is 0.306 e. The third-order valence-corrected chi connectivity index (χ3v) is 1.22. The lowest BCUT2D eigenvalue weighted by molar-refractivity contribution is 0.257. The predicted octanol–water partition coefficient (Wildman–Crippen LogP) is 1.05. The molecular formula is C6H7N3OS. The summed E-state index contributed by atoms with van der Waals surface area (Å²) in [4.78, 5) is 14.5. The number of urea groups is 1. The molecule has 4 nitrogen and oxygen atoms in total. The molecule has 2 amide bonds. The van der Waals surface area contributed by atoms with E-state index >= 15 is 0 Å². The molecule has 58 valence electrons. The number of anilines is 1. The maximum absolute atomic E-state index is 10.7. The Labute approximate surface area is 69.6 Å². The van der Waals surface area contributed by atoms with Gasteiger partial charge in [0.2, 0.25) is 0 Å². The first kappa shape index (κ1) is 7.87. The predicted molar refractivity (Wildman–Crippen MR) is 45.4 cm³/mol. The molecule has 0 aliphatic rings. The molecule has 1 aromatic heterocycles. The SMILES string of the molecule is O=C(NS)Nc1cccnc1. The Balaban J connectivity index is 2.58. The highest BCUT2D eigenvalue weighted by Gasteiger charge is 1.95. The zero-order valence-electron chi connectivity index (χ0n) is 5.61. The van der Waals surface area contributed by atoms with Gasteiger partial charge in [-0.15, -0.1) is 0 Å². The van der Waals surface area contributed by atoms with Gasteiger partial charge in [0.25, 0.3) is 0 Å². The topological polar surface area (TPSA) is 54.0 Å². The lowest BCUT2D eigenvalue weighted by Crippen LogP contribution is -2.20. The lowest BCUT2D eigenvalue weighted by atomic mass is 10.4. The van der Waals surface area contributed by atoms with Crippen molar-refractivity contribution in [3.63, 3.8) is 0 Å². The standard InChI is InChI=1S/C6H7N3OS/c10-6(9-11)8-5-2-1-3-7-4-5/h1-4,11H,(H2,8,9,10). The highest BCUT2D eigenvalue weighted by Crippen LogP contribution is 2.01. The highest BCUT2D eigenvalue weighted by atomic mass is 32.1. The van der Waals surface area contributed by atoms with Crippen LogP contribution in [-0.2, 0) is 0 Å². The minimum atomic E-state index is -0.374. The van der Waals surface area contributed by atoms with E-state index in [1.54, 1.807) is 24.5 Å². The van der Waals surface area contributed by atoms with Gasteiger partial charge in [0.05, 0.1) is 11.9 Å². The van der Waals surface area contributed by atoms with Crippen molar-refractivity contribution in [3.8, 4) is 0 Å². The molecule has 0 saturated carbocycles. The Bertz CT molecular complexity index is 239. The van der Waals surface area contributed by atoms with Crippen LogP contribution in [0.4, 0.5) is 10.5 Å². The van der Waals surface area contributed by atoms with Gasteiger partial charge in [0, 0.05) is 6.20 Å². The molecule has 1 heterocycles. The molecule has 0 bridgehead atoms. The summed E-state index contributed by atoms with van der Waals surface area (Å²) in [7, 11) is 0. The molecule has 0 radical (unpaired) electrons. The van der Waals surface area contributed by atoms with Gasteiger partial charge in [-0.2, -0.15) is 0 Å². The quantitative estimate of drug-likeness (QED) is 0.550. The largest absolute Gasteiger partial charge is 0.329 e. The fourth-order valence-electron chi connectivity index (χ4n) is 0.596. The molecule has 0 saturated heterocycles. The van der Waals surface area contributed by atoms with Gasteiger partial charge < -0.3 is 5.32 Å². The van der Waals surface area contributed by atoms with Gasteiger partial charge in [-0.05, 0) is 12.1 Å². The number of aromatic nitrogens is 1. The van der Waals surface area contributed by atoms with Crippen molar-refractivity contribution in [2.75, 3.05) is 5.32 Å². The molecule has 0 spiro atoms. The number of hydrogen-bond donors (Lipinski definition) is 3. The Morgan fingerprint density at radius 2 is 2.45 bits per heavy atom. The van der Waals surface area contributed by atoms with Crippen LogP contribution >= 0.6 is 12.8 Å². The van der Waals surface area contributed by atoms with E-state index in [9.17, 15) is 4.79 Å². The van der Waals surface area contributed by atoms with Crippen LogP contribution < -0.4 is 10.0 Å². The van der Waals surface area contributed by atoms with Crippen LogP contribution in [0.15, 0.2) is 24.5 Å². The molecule has 0 aromatic carbocycles. The second kappa shape index (κ2) is 3.82. The van der Waals surface area contributed by atoms with Crippen molar-refractivity contribution in [1.29, 1.82) is 0 Å². The minimum Gasteiger partial charge on any atom is -0.306 e. The van der Waals surface area contributed by atoms with Crippen LogP contribution in [0.1, 0.15) is 0 Å². The number of nitrogens with one attached hydrogen (secondary N) is 2. The lowest BCUT2D eigenvalue weighted by Gasteiger charge is -2.00. The van der Waals surface area contributed by atoms with E-state index in [4.69, 9.17) is 0 Å². The van der Waals surface area contributed by atoms with E-state index in [0.717, 1.165) is 0 Å². The summed E-state index contributed by atoms with van der Waals surface area (Å²) in [5.41, 5.74) is 0.638. The summed E-state index contributed by atoms with van der Waals surface area (Å²) in [5, 5.41) is 2.50. The van der Waals surface area contributed by atoms with Crippen molar-refractivity contribution in [2.24, 2.45) is 0 Å². The highest BCUT2D eigenvalue weighted by molar-refractivity contribution is 7.78. The number of amides is 2. The number of pyridine rings is 1. The van der Waals surface area contributed by atoms with E-state index in [2.05, 4.69) is 27.8 Å². The van der Waals surface area contributed by atoms with E-state index in [-0.39, 0.29) is 6.03 Å². The van der Waals surface area contributed by atoms with Crippen molar-refractivity contribution in [2.45, 2.75) is 0 Å². The summed E-state index contributed by atoms with van der Waals surface area (Å²) < 4.78 is 2.13. The van der Waals surface area contributed by atoms with Gasteiger partial charge in [0.1, 0.15) is 0 Å². The van der Waals surface area contributed by atoms with Gasteiger partial charge in [0.15, 0.2) is 0 Å². The Kier molecular flexibility index (Phi) is 2.74. The molecule has 2 N–H and O–H groups in total. The first-order chi connectivity index (χ1) is 5.33. The van der Waals surface area contributed by atoms with Gasteiger partial charge >= 0.3 is 6.03 Å². The van der Waals surface area contributed by atoms with Crippen molar-refractivity contribution >= 4 is 24.5 Å². The summed E-state index contributed by atoms with van der Waals surface area (Å²) in [6.07, 6.45) is 3.17. The minimum absolute atomic E-state index is 0.374. The van der Waals surface area contributed by atoms with Gasteiger partial charge in [-0.25, -0.2) is 4.79 Å². The van der Waals surface area contributed by atoms with E-state index in [1.807, 2.05) is 0 Å². The van der Waals surface area contributed by atoms with E-state index in [1.165, 1.54) is 0 Å². The third-order valence-electron chi connectivity index (χ3n) is 1.02. The molecule has 5 heteroatoms. The molecule has 0 fully saturated rings. The summed E-state index contributed by atoms with van der Waals surface area (Å²) in [6, 6.07) is 3.09. The number of nitrogens with zero attached hydrogens (tertiary/aromatic N) is 1. The van der Waals surface area contributed by atoms with Crippen molar-refractivity contribution in [1.82, 2.24) is 9.71 Å². The molecule has 0 unspecified atom stereocenters. The van der Waals surface area contributed by atoms with Gasteiger partial charge in [-0.1, -0.05) is 12.8 Å². The summed E-state index contributed by atoms with van der Waals surface area (Å²) in [6.45, 7) is 0. The van der Waals surface area contributed by atoms with Crippen molar-refractivity contribution < 1.29 is 4.79 Å². The summed E-state index contributed by atoms with van der Waals surface area (Å²) in [5.74, 6) is 0. The number of rotatable bonds is 1. The second-order valence-corrected chi connectivity index (χ2v) is 2.03. The van der Waals surface area contributed by atoms with Gasteiger partial charge in [-0.3, -0.25) is 9.71 Å². The maximum Gasteiger partial charge on any atom is 0.329 e. The van der Waals surface area contributed by atoms with Crippen LogP contribution in [0.3, 0.4) is 0 Å². The number of carbonyl (C=O) groups excluding carboxylic acids is 1. The van der Waals surface area contributed by atoms with Crippen LogP contribution in [0.5, 0.6) is 0 Å². The zero-order valence-corrected chi connectivity index (χ0v) is 6.51. The summed E-state index contributed by atoms with van der Waals surface area (Å²) >= 11 is 3.56. The van der Waals surface area contributed by atoms with Crippen LogP contribution in [0.2, 0.25) is 0 Å². The fraction of sp³-hybridized carbons (Fsp3) is 0. The first-order valence-electron chi connectivity index (χ1n) is 2.94. The van der Waals surface area contributed by atoms with Crippen molar-refractivity contribution in [3.05, 3.63) is 24.5 Å². The van der Waals surface area contributed by atoms with Crippen LogP contribution in [-0.4, -0.2) is 11.0 Å². The Morgan fingerprint density at radius 1 is 1.64 bits per heavy atom. The average Bonchev–Trinajstić information content (AvgIpc) is 2.06. The number of carbonyl (C=O) groups is 1. The number of thiol groups is 1. The fourth-order valence-corrected chi connectivity index (χ4v) is 0.652. The monoisotopic (exact) mass is 169 g/mol. The first-order valence-corrected chi connectivity index (χ1v) is 3.39. The molecule has 0 aliphatic carbocycles.